The molecule has 6 heteroatoms. The van der Waals surface area contributed by atoms with Crippen molar-refractivity contribution in [2.24, 2.45) is 0 Å². The maximum Gasteiger partial charge on any atom is 0.239 e. The van der Waals surface area contributed by atoms with E-state index in [4.69, 9.17) is 4.74 Å². The molecule has 0 radical (unpaired) electrons. The van der Waals surface area contributed by atoms with E-state index in [0.29, 0.717) is 26.1 Å². The summed E-state index contributed by atoms with van der Waals surface area (Å²) in [7, 11) is 0. The van der Waals surface area contributed by atoms with Gasteiger partial charge in [0.2, 0.25) is 11.8 Å². The molecule has 0 aromatic rings. The third-order valence-corrected chi connectivity index (χ3v) is 2.70. The van der Waals surface area contributed by atoms with Gasteiger partial charge in [0, 0.05) is 25.6 Å². The largest absolute Gasteiger partial charge is 0.375 e. The maximum absolute atomic E-state index is 11.8. The standard InChI is InChI=1S/C12H23N3O3/c1-8(2)15-10(16)4-5-14-12(17)11-9(3)18-7-6-13-11/h8-9,11,13H,4-7H2,1-3H3,(H,14,17)(H,15,16)/t9-,11+/m1/s1. The predicted molar refractivity (Wildman–Crippen MR) is 68.1 cm³/mol. The Morgan fingerprint density at radius 1 is 1.44 bits per heavy atom. The highest BCUT2D eigenvalue weighted by Gasteiger charge is 2.27. The van der Waals surface area contributed by atoms with Crippen LogP contribution in [0.4, 0.5) is 0 Å². The first-order valence-corrected chi connectivity index (χ1v) is 6.42. The molecule has 0 aromatic carbocycles. The molecule has 0 saturated carbocycles. The van der Waals surface area contributed by atoms with Gasteiger partial charge in [-0.15, -0.1) is 0 Å². The van der Waals surface area contributed by atoms with Crippen molar-refractivity contribution < 1.29 is 14.3 Å². The van der Waals surface area contributed by atoms with Crippen LogP contribution in [0, 0.1) is 0 Å². The van der Waals surface area contributed by atoms with Crippen LogP contribution in [-0.4, -0.2) is 49.7 Å². The number of morpholine rings is 1. The van der Waals surface area contributed by atoms with Gasteiger partial charge in [0.15, 0.2) is 0 Å². The molecule has 1 rings (SSSR count). The highest BCUT2D eigenvalue weighted by molar-refractivity contribution is 5.83. The van der Waals surface area contributed by atoms with Gasteiger partial charge < -0.3 is 20.7 Å². The first-order valence-electron chi connectivity index (χ1n) is 6.42. The van der Waals surface area contributed by atoms with Gasteiger partial charge >= 0.3 is 0 Å². The fourth-order valence-electron chi connectivity index (χ4n) is 1.83. The van der Waals surface area contributed by atoms with E-state index in [0.717, 1.165) is 0 Å². The Bertz CT molecular complexity index is 294. The van der Waals surface area contributed by atoms with E-state index in [9.17, 15) is 9.59 Å². The molecule has 0 aromatic heterocycles. The van der Waals surface area contributed by atoms with Gasteiger partial charge in [-0.2, -0.15) is 0 Å². The molecule has 3 N–H and O–H groups in total. The van der Waals surface area contributed by atoms with Gasteiger partial charge in [0.05, 0.1) is 12.7 Å². The fraction of sp³-hybridized carbons (Fsp3) is 0.833. The zero-order valence-corrected chi connectivity index (χ0v) is 11.3. The highest BCUT2D eigenvalue weighted by Crippen LogP contribution is 2.03. The normalized spacial score (nSPS) is 23.8. The van der Waals surface area contributed by atoms with E-state index in [1.165, 1.54) is 0 Å². The van der Waals surface area contributed by atoms with Crippen molar-refractivity contribution in [2.45, 2.75) is 45.4 Å². The number of hydrogen-bond acceptors (Lipinski definition) is 4. The number of amides is 2. The average Bonchev–Trinajstić information content (AvgIpc) is 2.28. The zero-order chi connectivity index (χ0) is 13.5. The molecular weight excluding hydrogens is 234 g/mol. The zero-order valence-electron chi connectivity index (χ0n) is 11.3. The monoisotopic (exact) mass is 257 g/mol. The molecule has 1 saturated heterocycles. The van der Waals surface area contributed by atoms with Gasteiger partial charge in [-0.25, -0.2) is 0 Å². The minimum Gasteiger partial charge on any atom is -0.375 e. The van der Waals surface area contributed by atoms with Crippen LogP contribution in [0.2, 0.25) is 0 Å². The van der Waals surface area contributed by atoms with Crippen LogP contribution in [0.25, 0.3) is 0 Å². The van der Waals surface area contributed by atoms with Gasteiger partial charge in [0.25, 0.3) is 0 Å². The molecule has 18 heavy (non-hydrogen) atoms. The number of nitrogens with one attached hydrogen (secondary N) is 3. The van der Waals surface area contributed by atoms with Crippen molar-refractivity contribution in [3.05, 3.63) is 0 Å². The lowest BCUT2D eigenvalue weighted by atomic mass is 10.1. The fourth-order valence-corrected chi connectivity index (χ4v) is 1.83. The summed E-state index contributed by atoms with van der Waals surface area (Å²) in [4.78, 5) is 23.2. The van der Waals surface area contributed by atoms with E-state index in [2.05, 4.69) is 16.0 Å². The molecule has 1 fully saturated rings. The van der Waals surface area contributed by atoms with Crippen LogP contribution >= 0.6 is 0 Å². The molecule has 104 valence electrons. The summed E-state index contributed by atoms with van der Waals surface area (Å²) >= 11 is 0. The van der Waals surface area contributed by atoms with Crippen LogP contribution in [0.1, 0.15) is 27.2 Å². The van der Waals surface area contributed by atoms with Crippen molar-refractivity contribution in [3.63, 3.8) is 0 Å². The summed E-state index contributed by atoms with van der Waals surface area (Å²) in [5, 5.41) is 8.62. The number of ether oxygens (including phenoxy) is 1. The summed E-state index contributed by atoms with van der Waals surface area (Å²) in [5.41, 5.74) is 0. The molecule has 1 aliphatic rings. The molecule has 0 spiro atoms. The Morgan fingerprint density at radius 3 is 2.78 bits per heavy atom. The first kappa shape index (κ1) is 14.9. The second-order valence-electron chi connectivity index (χ2n) is 4.77. The Morgan fingerprint density at radius 2 is 2.17 bits per heavy atom. The van der Waals surface area contributed by atoms with E-state index < -0.39 is 0 Å². The van der Waals surface area contributed by atoms with Crippen LogP contribution in [-0.2, 0) is 14.3 Å². The van der Waals surface area contributed by atoms with Crippen molar-refractivity contribution in [1.29, 1.82) is 0 Å². The molecular formula is C12H23N3O3. The Kier molecular flexibility index (Phi) is 6.07. The molecule has 0 unspecified atom stereocenters. The number of hydrogen-bond donors (Lipinski definition) is 3. The lowest BCUT2D eigenvalue weighted by Crippen LogP contribution is -2.55. The third kappa shape index (κ3) is 5.01. The lowest BCUT2D eigenvalue weighted by Gasteiger charge is -2.29. The molecule has 0 aliphatic carbocycles. The van der Waals surface area contributed by atoms with Crippen LogP contribution < -0.4 is 16.0 Å². The minimum atomic E-state index is -0.327. The van der Waals surface area contributed by atoms with E-state index >= 15 is 0 Å². The molecule has 1 aliphatic heterocycles. The number of carbonyl (C=O) groups excluding carboxylic acids is 2. The second-order valence-corrected chi connectivity index (χ2v) is 4.77. The summed E-state index contributed by atoms with van der Waals surface area (Å²) in [6.45, 7) is 7.32. The number of rotatable bonds is 5. The summed E-state index contributed by atoms with van der Waals surface area (Å²) in [5.74, 6) is -0.161. The molecule has 2 atom stereocenters. The summed E-state index contributed by atoms with van der Waals surface area (Å²) < 4.78 is 5.39. The molecule has 1 heterocycles. The Balaban J connectivity index is 2.22. The van der Waals surface area contributed by atoms with Gasteiger partial charge in [-0.05, 0) is 20.8 Å². The van der Waals surface area contributed by atoms with Crippen LogP contribution in [0.3, 0.4) is 0 Å². The van der Waals surface area contributed by atoms with Gasteiger partial charge in [0.1, 0.15) is 6.04 Å². The van der Waals surface area contributed by atoms with E-state index in [1.54, 1.807) is 0 Å². The smallest absolute Gasteiger partial charge is 0.239 e. The molecule has 2 amide bonds. The summed E-state index contributed by atoms with van der Waals surface area (Å²) in [6, 6.07) is -0.200. The van der Waals surface area contributed by atoms with Crippen molar-refractivity contribution in [3.8, 4) is 0 Å². The molecule has 0 bridgehead atoms. The highest BCUT2D eigenvalue weighted by atomic mass is 16.5. The summed E-state index contributed by atoms with van der Waals surface area (Å²) in [6.07, 6.45) is 0.162. The minimum absolute atomic E-state index is 0.0498. The van der Waals surface area contributed by atoms with Crippen molar-refractivity contribution in [2.75, 3.05) is 19.7 Å². The van der Waals surface area contributed by atoms with Gasteiger partial charge in [-0.1, -0.05) is 0 Å². The van der Waals surface area contributed by atoms with Crippen LogP contribution in [0.5, 0.6) is 0 Å². The third-order valence-electron chi connectivity index (χ3n) is 2.70. The topological polar surface area (TPSA) is 79.5 Å². The lowest BCUT2D eigenvalue weighted by molar-refractivity contribution is -0.129. The Hall–Kier alpha value is -1.14. The van der Waals surface area contributed by atoms with Gasteiger partial charge in [-0.3, -0.25) is 9.59 Å². The SMILES string of the molecule is CC(C)NC(=O)CCNC(=O)[C@H]1NCCO[C@@H]1C. The predicted octanol–water partition coefficient (Wildman–Crippen LogP) is -0.606. The second kappa shape index (κ2) is 7.33. The Labute approximate surface area is 108 Å². The quantitative estimate of drug-likeness (QED) is 0.614. The van der Waals surface area contributed by atoms with E-state index in [-0.39, 0.29) is 30.0 Å². The van der Waals surface area contributed by atoms with E-state index in [1.807, 2.05) is 20.8 Å². The number of carbonyl (C=O) groups is 2. The average molecular weight is 257 g/mol. The van der Waals surface area contributed by atoms with Crippen molar-refractivity contribution in [1.82, 2.24) is 16.0 Å². The van der Waals surface area contributed by atoms with Crippen molar-refractivity contribution >= 4 is 11.8 Å². The van der Waals surface area contributed by atoms with Crippen LogP contribution in [0.15, 0.2) is 0 Å². The molecule has 6 nitrogen and oxygen atoms in total. The first-order chi connectivity index (χ1) is 8.50. The maximum atomic E-state index is 11.8.